The van der Waals surface area contributed by atoms with Gasteiger partial charge in [0.15, 0.2) is 0 Å². The van der Waals surface area contributed by atoms with E-state index in [2.05, 4.69) is 15.9 Å². The van der Waals surface area contributed by atoms with Crippen LogP contribution >= 0.6 is 15.9 Å². The molecule has 0 N–H and O–H groups in total. The van der Waals surface area contributed by atoms with Gasteiger partial charge in [-0.2, -0.15) is 0 Å². The molecule has 0 radical (unpaired) electrons. The summed E-state index contributed by atoms with van der Waals surface area (Å²) >= 11 is 3.20. The van der Waals surface area contributed by atoms with Crippen LogP contribution < -0.4 is 0 Å². The van der Waals surface area contributed by atoms with Crippen LogP contribution in [0.2, 0.25) is 0 Å². The Morgan fingerprint density at radius 2 is 2.18 bits per heavy atom. The molecule has 0 aliphatic carbocycles. The number of unbranched alkanes of at least 4 members (excludes halogenated alkanes) is 1. The van der Waals surface area contributed by atoms with E-state index in [0.29, 0.717) is 16.6 Å². The Kier molecular flexibility index (Phi) is 5.72. The van der Waals surface area contributed by atoms with Gasteiger partial charge < -0.3 is 9.64 Å². The van der Waals surface area contributed by atoms with E-state index >= 15 is 0 Å². The average molecular weight is 380 g/mol. The Morgan fingerprint density at radius 3 is 2.82 bits per heavy atom. The highest BCUT2D eigenvalue weighted by Crippen LogP contribution is 2.35. The van der Waals surface area contributed by atoms with Crippen molar-refractivity contribution in [2.45, 2.75) is 39.2 Å². The summed E-state index contributed by atoms with van der Waals surface area (Å²) in [5, 5.41) is 0. The lowest BCUT2D eigenvalue weighted by atomic mass is 9.96. The van der Waals surface area contributed by atoms with Gasteiger partial charge in [-0.15, -0.1) is 0 Å². The zero-order valence-corrected chi connectivity index (χ0v) is 13.8. The lowest BCUT2D eigenvalue weighted by molar-refractivity contribution is 0.0959. The molecule has 1 amide bonds. The number of nitrogens with zero attached hydrogens (tertiary/aromatic N) is 1. The van der Waals surface area contributed by atoms with Gasteiger partial charge in [0.1, 0.15) is 5.82 Å². The van der Waals surface area contributed by atoms with Crippen molar-refractivity contribution in [2.24, 2.45) is 0 Å². The topological polar surface area (TPSA) is 29.5 Å². The predicted molar refractivity (Wildman–Crippen MR) is 79.4 cm³/mol. The summed E-state index contributed by atoms with van der Waals surface area (Å²) in [6.07, 6.45) is -1.42. The summed E-state index contributed by atoms with van der Waals surface area (Å²) in [7, 11) is 0. The number of hydrogen-bond acceptors (Lipinski definition) is 2. The van der Waals surface area contributed by atoms with Crippen molar-refractivity contribution in [1.82, 2.24) is 4.90 Å². The number of rotatable bonds is 4. The number of fused-ring (bicyclic) bond motifs is 1. The van der Waals surface area contributed by atoms with E-state index in [1.165, 1.54) is 4.90 Å². The second-order valence-corrected chi connectivity index (χ2v) is 6.01. The minimum absolute atomic E-state index is 0.154. The molecule has 0 spiro atoms. The van der Waals surface area contributed by atoms with Crippen LogP contribution in [0.4, 0.5) is 18.0 Å². The van der Waals surface area contributed by atoms with Crippen LogP contribution in [0.25, 0.3) is 0 Å². The van der Waals surface area contributed by atoms with Crippen LogP contribution in [0.1, 0.15) is 42.9 Å². The number of halogens is 4. The third kappa shape index (κ3) is 3.56. The SMILES string of the molecule is CCCCOC(=O)N1CCc2c(F)c(C(F)F)cc(Br)c2C1. The van der Waals surface area contributed by atoms with Crippen LogP contribution in [0, 0.1) is 5.82 Å². The molecular formula is C15H17BrF3NO2. The quantitative estimate of drug-likeness (QED) is 0.701. The van der Waals surface area contributed by atoms with Crippen molar-refractivity contribution < 1.29 is 22.7 Å². The van der Waals surface area contributed by atoms with Gasteiger partial charge >= 0.3 is 6.09 Å². The first kappa shape index (κ1) is 17.1. The maximum Gasteiger partial charge on any atom is 0.410 e. The van der Waals surface area contributed by atoms with Crippen LogP contribution in [0.15, 0.2) is 10.5 Å². The molecule has 1 aliphatic rings. The summed E-state index contributed by atoms with van der Waals surface area (Å²) < 4.78 is 45.3. The molecule has 0 unspecified atom stereocenters. The predicted octanol–water partition coefficient (Wildman–Crippen LogP) is 4.82. The molecule has 1 aromatic rings. The minimum Gasteiger partial charge on any atom is -0.449 e. The maximum absolute atomic E-state index is 14.1. The van der Waals surface area contributed by atoms with Crippen molar-refractivity contribution >= 4 is 22.0 Å². The normalized spacial score (nSPS) is 14.2. The standard InChI is InChI=1S/C15H17BrF3NO2/c1-2-3-6-22-15(21)20-5-4-9-11(8-20)12(16)7-10(13(9)17)14(18)19/h7,14H,2-6,8H2,1H3. The van der Waals surface area contributed by atoms with Crippen molar-refractivity contribution in [1.29, 1.82) is 0 Å². The fourth-order valence-corrected chi connectivity index (χ4v) is 3.01. The van der Waals surface area contributed by atoms with E-state index in [1.54, 1.807) is 0 Å². The molecule has 122 valence electrons. The molecular weight excluding hydrogens is 363 g/mol. The third-order valence-electron chi connectivity index (χ3n) is 3.65. The number of carbonyl (C=O) groups excluding carboxylic acids is 1. The summed E-state index contributed by atoms with van der Waals surface area (Å²) in [6, 6.07) is 1.09. The summed E-state index contributed by atoms with van der Waals surface area (Å²) in [5.41, 5.74) is 0.174. The lowest BCUT2D eigenvalue weighted by Crippen LogP contribution is -2.37. The first-order valence-electron chi connectivity index (χ1n) is 7.15. The molecule has 2 rings (SSSR count). The van der Waals surface area contributed by atoms with E-state index < -0.39 is 23.9 Å². The Labute approximate surface area is 135 Å². The Balaban J connectivity index is 2.17. The first-order chi connectivity index (χ1) is 10.5. The van der Waals surface area contributed by atoms with E-state index in [-0.39, 0.29) is 25.1 Å². The van der Waals surface area contributed by atoms with Gasteiger partial charge in [0.25, 0.3) is 6.43 Å². The fourth-order valence-electron chi connectivity index (χ4n) is 2.40. The molecule has 1 heterocycles. The molecule has 0 atom stereocenters. The molecule has 0 aromatic heterocycles. The minimum atomic E-state index is -2.86. The summed E-state index contributed by atoms with van der Waals surface area (Å²) in [6.45, 7) is 2.75. The van der Waals surface area contributed by atoms with E-state index in [0.717, 1.165) is 18.9 Å². The highest BCUT2D eigenvalue weighted by molar-refractivity contribution is 9.10. The first-order valence-corrected chi connectivity index (χ1v) is 7.94. The number of benzene rings is 1. The van der Waals surface area contributed by atoms with E-state index in [9.17, 15) is 18.0 Å². The second kappa shape index (κ2) is 7.35. The number of hydrogen-bond donors (Lipinski definition) is 0. The van der Waals surface area contributed by atoms with Crippen molar-refractivity contribution in [3.05, 3.63) is 33.0 Å². The summed E-state index contributed by atoms with van der Waals surface area (Å²) in [5.74, 6) is -0.868. The van der Waals surface area contributed by atoms with Crippen molar-refractivity contribution in [2.75, 3.05) is 13.2 Å². The summed E-state index contributed by atoms with van der Waals surface area (Å²) in [4.78, 5) is 13.4. The highest BCUT2D eigenvalue weighted by Gasteiger charge is 2.28. The smallest absolute Gasteiger partial charge is 0.410 e. The van der Waals surface area contributed by atoms with E-state index in [1.807, 2.05) is 6.92 Å². The Hall–Kier alpha value is -1.24. The lowest BCUT2D eigenvalue weighted by Gasteiger charge is -2.29. The van der Waals surface area contributed by atoms with Crippen LogP contribution in [-0.2, 0) is 17.7 Å². The molecule has 22 heavy (non-hydrogen) atoms. The number of carbonyl (C=O) groups is 1. The van der Waals surface area contributed by atoms with Gasteiger partial charge in [0.05, 0.1) is 18.7 Å². The molecule has 0 saturated heterocycles. The molecule has 1 aromatic carbocycles. The van der Waals surface area contributed by atoms with Crippen molar-refractivity contribution in [3.8, 4) is 0 Å². The largest absolute Gasteiger partial charge is 0.449 e. The molecule has 0 saturated carbocycles. The van der Waals surface area contributed by atoms with Gasteiger partial charge in [-0.25, -0.2) is 18.0 Å². The zero-order chi connectivity index (χ0) is 16.3. The Bertz CT molecular complexity index is 566. The maximum atomic E-state index is 14.1. The molecule has 0 fully saturated rings. The van der Waals surface area contributed by atoms with Gasteiger partial charge in [-0.05, 0) is 30.0 Å². The fraction of sp³-hybridized carbons (Fsp3) is 0.533. The molecule has 3 nitrogen and oxygen atoms in total. The van der Waals surface area contributed by atoms with E-state index in [4.69, 9.17) is 4.74 Å². The van der Waals surface area contributed by atoms with Gasteiger partial charge in [-0.1, -0.05) is 29.3 Å². The van der Waals surface area contributed by atoms with Crippen LogP contribution in [0.5, 0.6) is 0 Å². The second-order valence-electron chi connectivity index (χ2n) is 5.16. The average Bonchev–Trinajstić information content (AvgIpc) is 2.50. The van der Waals surface area contributed by atoms with Crippen LogP contribution in [0.3, 0.4) is 0 Å². The van der Waals surface area contributed by atoms with Gasteiger partial charge in [0, 0.05) is 11.0 Å². The molecule has 7 heteroatoms. The number of amides is 1. The van der Waals surface area contributed by atoms with Gasteiger partial charge in [-0.3, -0.25) is 0 Å². The van der Waals surface area contributed by atoms with Gasteiger partial charge in [0.2, 0.25) is 0 Å². The number of alkyl halides is 2. The van der Waals surface area contributed by atoms with Crippen molar-refractivity contribution in [3.63, 3.8) is 0 Å². The number of ether oxygens (including phenoxy) is 1. The molecule has 1 aliphatic heterocycles. The van der Waals surface area contributed by atoms with Crippen LogP contribution in [-0.4, -0.2) is 24.1 Å². The Morgan fingerprint density at radius 1 is 1.45 bits per heavy atom. The third-order valence-corrected chi connectivity index (χ3v) is 4.36. The zero-order valence-electron chi connectivity index (χ0n) is 12.2. The monoisotopic (exact) mass is 379 g/mol. The highest BCUT2D eigenvalue weighted by atomic mass is 79.9. The molecule has 0 bridgehead atoms.